The molecule has 0 spiro atoms. The summed E-state index contributed by atoms with van der Waals surface area (Å²) in [5.74, 6) is 0. The molecule has 0 aliphatic rings. The molecule has 18 heavy (non-hydrogen) atoms. The van der Waals surface area contributed by atoms with E-state index in [-0.39, 0.29) is 0 Å². The van der Waals surface area contributed by atoms with E-state index in [4.69, 9.17) is 19.9 Å². The van der Waals surface area contributed by atoms with Gasteiger partial charge in [-0.1, -0.05) is 0 Å². The van der Waals surface area contributed by atoms with E-state index in [2.05, 4.69) is 13.0 Å². The SMILES string of the molecule is COCCOCCCOCc1cc(CN)sc1C. The minimum atomic E-state index is 0.610. The van der Waals surface area contributed by atoms with E-state index in [0.29, 0.717) is 26.4 Å². The van der Waals surface area contributed by atoms with E-state index in [0.717, 1.165) is 19.6 Å². The first-order valence-electron chi connectivity index (χ1n) is 6.20. The maximum absolute atomic E-state index is 5.62. The Bertz CT molecular complexity index is 328. The zero-order valence-electron chi connectivity index (χ0n) is 11.2. The number of ether oxygens (including phenoxy) is 3. The second-order valence-corrected chi connectivity index (χ2v) is 5.35. The smallest absolute Gasteiger partial charge is 0.0727 e. The average Bonchev–Trinajstić information content (AvgIpc) is 2.73. The van der Waals surface area contributed by atoms with Gasteiger partial charge >= 0.3 is 0 Å². The van der Waals surface area contributed by atoms with Crippen LogP contribution >= 0.6 is 11.3 Å². The van der Waals surface area contributed by atoms with Crippen molar-refractivity contribution in [1.82, 2.24) is 0 Å². The quantitative estimate of drug-likeness (QED) is 0.663. The molecular weight excluding hydrogens is 250 g/mol. The average molecular weight is 273 g/mol. The summed E-state index contributed by atoms with van der Waals surface area (Å²) < 4.78 is 15.9. The first-order chi connectivity index (χ1) is 8.77. The standard InChI is InChI=1S/C13H23NO3S/c1-11-12(8-13(9-14)18-11)10-17-5-3-4-16-7-6-15-2/h8H,3-7,9-10,14H2,1-2H3. The molecule has 0 unspecified atom stereocenters. The highest BCUT2D eigenvalue weighted by Crippen LogP contribution is 2.21. The first kappa shape index (κ1) is 15.6. The first-order valence-corrected chi connectivity index (χ1v) is 7.02. The summed E-state index contributed by atoms with van der Waals surface area (Å²) in [7, 11) is 1.67. The zero-order chi connectivity index (χ0) is 13.2. The fourth-order valence-corrected chi connectivity index (χ4v) is 2.45. The minimum absolute atomic E-state index is 0.610. The van der Waals surface area contributed by atoms with Crippen molar-refractivity contribution in [2.24, 2.45) is 5.73 Å². The highest BCUT2D eigenvalue weighted by atomic mass is 32.1. The third kappa shape index (κ3) is 5.93. The summed E-state index contributed by atoms with van der Waals surface area (Å²) in [4.78, 5) is 2.51. The zero-order valence-corrected chi connectivity index (χ0v) is 12.1. The van der Waals surface area contributed by atoms with Crippen LogP contribution in [-0.4, -0.2) is 33.5 Å². The van der Waals surface area contributed by atoms with Crippen molar-refractivity contribution in [3.63, 3.8) is 0 Å². The van der Waals surface area contributed by atoms with E-state index in [9.17, 15) is 0 Å². The Hall–Kier alpha value is -0.460. The Balaban J connectivity index is 2.05. The summed E-state index contributed by atoms with van der Waals surface area (Å²) in [5.41, 5.74) is 6.86. The highest BCUT2D eigenvalue weighted by Gasteiger charge is 2.04. The molecule has 1 aromatic rings. The van der Waals surface area contributed by atoms with Gasteiger partial charge in [0.05, 0.1) is 19.8 Å². The van der Waals surface area contributed by atoms with Gasteiger partial charge in [0.25, 0.3) is 0 Å². The molecule has 0 atom stereocenters. The van der Waals surface area contributed by atoms with Crippen molar-refractivity contribution in [2.75, 3.05) is 33.5 Å². The summed E-state index contributed by atoms with van der Waals surface area (Å²) in [6, 6.07) is 2.13. The van der Waals surface area contributed by atoms with Crippen LogP contribution in [0.15, 0.2) is 6.07 Å². The molecule has 0 aliphatic heterocycles. The fraction of sp³-hybridized carbons (Fsp3) is 0.692. The molecule has 0 saturated carbocycles. The van der Waals surface area contributed by atoms with Gasteiger partial charge in [0.1, 0.15) is 0 Å². The summed E-state index contributed by atoms with van der Waals surface area (Å²) in [6.07, 6.45) is 0.913. The van der Waals surface area contributed by atoms with Gasteiger partial charge in [-0.05, 0) is 25.0 Å². The van der Waals surface area contributed by atoms with E-state index in [1.165, 1.54) is 15.3 Å². The maximum atomic E-state index is 5.62. The molecule has 0 saturated heterocycles. The number of hydrogen-bond donors (Lipinski definition) is 1. The minimum Gasteiger partial charge on any atom is -0.382 e. The molecule has 4 nitrogen and oxygen atoms in total. The Kier molecular flexibility index (Phi) is 8.20. The molecule has 0 amide bonds. The Morgan fingerprint density at radius 3 is 2.61 bits per heavy atom. The lowest BCUT2D eigenvalue weighted by molar-refractivity contribution is 0.0483. The molecular formula is C13H23NO3S. The predicted molar refractivity (Wildman–Crippen MR) is 73.9 cm³/mol. The van der Waals surface area contributed by atoms with Gasteiger partial charge in [-0.2, -0.15) is 0 Å². The monoisotopic (exact) mass is 273 g/mol. The van der Waals surface area contributed by atoms with E-state index in [1.54, 1.807) is 18.4 Å². The van der Waals surface area contributed by atoms with Gasteiger partial charge < -0.3 is 19.9 Å². The molecule has 1 rings (SSSR count). The lowest BCUT2D eigenvalue weighted by Crippen LogP contribution is -2.05. The van der Waals surface area contributed by atoms with Gasteiger partial charge in [-0.15, -0.1) is 11.3 Å². The molecule has 0 bridgehead atoms. The normalized spacial score (nSPS) is 11.1. The lowest BCUT2D eigenvalue weighted by Gasteiger charge is -2.05. The van der Waals surface area contributed by atoms with Crippen LogP contribution in [0.3, 0.4) is 0 Å². The van der Waals surface area contributed by atoms with E-state index >= 15 is 0 Å². The number of nitrogens with two attached hydrogens (primary N) is 1. The third-order valence-corrected chi connectivity index (χ3v) is 3.65. The largest absolute Gasteiger partial charge is 0.382 e. The van der Waals surface area contributed by atoms with Crippen LogP contribution in [0.2, 0.25) is 0 Å². The number of rotatable bonds is 10. The van der Waals surface area contributed by atoms with Crippen LogP contribution in [0.1, 0.15) is 21.7 Å². The van der Waals surface area contributed by atoms with Crippen molar-refractivity contribution in [2.45, 2.75) is 26.5 Å². The second-order valence-electron chi connectivity index (χ2n) is 4.01. The van der Waals surface area contributed by atoms with Gasteiger partial charge in [0, 0.05) is 36.6 Å². The van der Waals surface area contributed by atoms with Crippen LogP contribution in [-0.2, 0) is 27.4 Å². The van der Waals surface area contributed by atoms with Crippen molar-refractivity contribution in [3.8, 4) is 0 Å². The molecule has 5 heteroatoms. The Labute approximate surface area is 113 Å². The maximum Gasteiger partial charge on any atom is 0.0727 e. The summed E-state index contributed by atoms with van der Waals surface area (Å²) >= 11 is 1.75. The van der Waals surface area contributed by atoms with Crippen LogP contribution in [0.25, 0.3) is 0 Å². The van der Waals surface area contributed by atoms with Crippen LogP contribution in [0, 0.1) is 6.92 Å². The van der Waals surface area contributed by atoms with Gasteiger partial charge in [-0.3, -0.25) is 0 Å². The van der Waals surface area contributed by atoms with Gasteiger partial charge in [0.2, 0.25) is 0 Å². The number of methoxy groups -OCH3 is 1. The molecule has 104 valence electrons. The topological polar surface area (TPSA) is 53.7 Å². The second kappa shape index (κ2) is 9.47. The van der Waals surface area contributed by atoms with E-state index < -0.39 is 0 Å². The van der Waals surface area contributed by atoms with Crippen LogP contribution in [0.4, 0.5) is 0 Å². The van der Waals surface area contributed by atoms with Crippen LogP contribution in [0.5, 0.6) is 0 Å². The number of thiophene rings is 1. The van der Waals surface area contributed by atoms with Crippen molar-refractivity contribution >= 4 is 11.3 Å². The summed E-state index contributed by atoms with van der Waals surface area (Å²) in [5, 5.41) is 0. The van der Waals surface area contributed by atoms with Gasteiger partial charge in [-0.25, -0.2) is 0 Å². The Morgan fingerprint density at radius 2 is 1.94 bits per heavy atom. The third-order valence-electron chi connectivity index (χ3n) is 2.54. The van der Waals surface area contributed by atoms with Crippen LogP contribution < -0.4 is 5.73 Å². The van der Waals surface area contributed by atoms with Crippen molar-refractivity contribution < 1.29 is 14.2 Å². The lowest BCUT2D eigenvalue weighted by atomic mass is 10.2. The fourth-order valence-electron chi connectivity index (χ4n) is 1.52. The summed E-state index contributed by atoms with van der Waals surface area (Å²) in [6.45, 7) is 6.13. The molecule has 0 fully saturated rings. The molecule has 0 radical (unpaired) electrons. The molecule has 0 aromatic carbocycles. The molecule has 1 heterocycles. The highest BCUT2D eigenvalue weighted by molar-refractivity contribution is 7.12. The molecule has 2 N–H and O–H groups in total. The number of hydrogen-bond acceptors (Lipinski definition) is 5. The predicted octanol–water partition coefficient (Wildman–Crippen LogP) is 2.08. The number of aryl methyl sites for hydroxylation is 1. The van der Waals surface area contributed by atoms with E-state index in [1.807, 2.05) is 0 Å². The molecule has 1 aromatic heterocycles. The Morgan fingerprint density at radius 1 is 1.17 bits per heavy atom. The van der Waals surface area contributed by atoms with Crippen molar-refractivity contribution in [3.05, 3.63) is 21.4 Å². The van der Waals surface area contributed by atoms with Gasteiger partial charge in [0.15, 0.2) is 0 Å². The molecule has 0 aliphatic carbocycles. The van der Waals surface area contributed by atoms with Crippen molar-refractivity contribution in [1.29, 1.82) is 0 Å².